The summed E-state index contributed by atoms with van der Waals surface area (Å²) < 4.78 is 43.1. The zero-order valence-electron chi connectivity index (χ0n) is 15.3. The van der Waals surface area contributed by atoms with Crippen molar-refractivity contribution in [3.8, 4) is 5.13 Å². The van der Waals surface area contributed by atoms with Gasteiger partial charge in [0.15, 0.2) is 5.69 Å². The molecular weight excluding hydrogens is 449 g/mol. The molecule has 5 aromatic rings. The number of hydrazone groups is 1. The Morgan fingerprint density at radius 3 is 2.29 bits per heavy atom. The molecule has 3 heterocycles. The summed E-state index contributed by atoms with van der Waals surface area (Å²) in [5.74, 6) is 0. The van der Waals surface area contributed by atoms with Gasteiger partial charge in [-0.15, -0.1) is 0 Å². The standard InChI is InChI=1S/C19H11F3N6OS2/c20-19(21,22)15-10(9-23-26-17-24-11-5-1-3-7-13(11)30-17)16(29)28(27-15)18-25-12-6-2-4-8-14(12)31-18/h1-9,27H,(H,24,26)/b23-9+. The number of H-pyrrole nitrogens is 1. The highest BCUT2D eigenvalue weighted by molar-refractivity contribution is 7.22. The summed E-state index contributed by atoms with van der Waals surface area (Å²) in [5, 5.41) is 6.45. The largest absolute Gasteiger partial charge is 0.433 e. The topological polar surface area (TPSA) is 88.0 Å². The van der Waals surface area contributed by atoms with Gasteiger partial charge in [-0.3, -0.25) is 15.3 Å². The average Bonchev–Trinajstić information content (AvgIpc) is 3.42. The van der Waals surface area contributed by atoms with Gasteiger partial charge in [0.2, 0.25) is 10.3 Å². The lowest BCUT2D eigenvalue weighted by Gasteiger charge is -2.03. The van der Waals surface area contributed by atoms with Gasteiger partial charge in [-0.2, -0.15) is 23.0 Å². The van der Waals surface area contributed by atoms with Crippen LogP contribution in [0.15, 0.2) is 58.4 Å². The van der Waals surface area contributed by atoms with Crippen molar-refractivity contribution in [3.05, 3.63) is 70.1 Å². The van der Waals surface area contributed by atoms with Crippen LogP contribution in [0.1, 0.15) is 11.3 Å². The highest BCUT2D eigenvalue weighted by atomic mass is 32.1. The Balaban J connectivity index is 1.52. The number of rotatable bonds is 4. The summed E-state index contributed by atoms with van der Waals surface area (Å²) >= 11 is 2.40. The molecule has 0 saturated heterocycles. The first-order valence-corrected chi connectivity index (χ1v) is 10.5. The van der Waals surface area contributed by atoms with E-state index in [-0.39, 0.29) is 5.13 Å². The maximum Gasteiger partial charge on any atom is 0.433 e. The lowest BCUT2D eigenvalue weighted by atomic mass is 10.2. The summed E-state index contributed by atoms with van der Waals surface area (Å²) in [4.78, 5) is 21.3. The Labute approximate surface area is 179 Å². The normalized spacial score (nSPS) is 12.4. The summed E-state index contributed by atoms with van der Waals surface area (Å²) in [6, 6.07) is 14.4. The number of aromatic nitrogens is 4. The number of nitrogens with zero attached hydrogens (tertiary/aromatic N) is 4. The van der Waals surface area contributed by atoms with E-state index >= 15 is 0 Å². The van der Waals surface area contributed by atoms with Gasteiger partial charge in [0.25, 0.3) is 5.56 Å². The van der Waals surface area contributed by atoms with Crippen LogP contribution in [0.3, 0.4) is 0 Å². The van der Waals surface area contributed by atoms with Crippen LogP contribution in [0.5, 0.6) is 0 Å². The number of hydrogen-bond donors (Lipinski definition) is 2. The molecule has 0 atom stereocenters. The first-order chi connectivity index (χ1) is 14.9. The van der Waals surface area contributed by atoms with Crippen molar-refractivity contribution in [2.75, 3.05) is 5.43 Å². The molecule has 3 aromatic heterocycles. The first-order valence-electron chi connectivity index (χ1n) is 8.83. The summed E-state index contributed by atoms with van der Waals surface area (Å²) in [7, 11) is 0. The second-order valence-corrected chi connectivity index (χ2v) is 8.40. The number of nitrogens with one attached hydrogen (secondary N) is 2. The molecule has 0 saturated carbocycles. The highest BCUT2D eigenvalue weighted by Crippen LogP contribution is 2.30. The second kappa shape index (κ2) is 7.32. The van der Waals surface area contributed by atoms with Crippen molar-refractivity contribution in [2.45, 2.75) is 6.18 Å². The molecule has 7 nitrogen and oxygen atoms in total. The van der Waals surface area contributed by atoms with E-state index in [1.165, 1.54) is 11.3 Å². The molecule has 0 aliphatic carbocycles. The first kappa shape index (κ1) is 19.5. The van der Waals surface area contributed by atoms with Crippen LogP contribution in [0.2, 0.25) is 0 Å². The number of benzene rings is 2. The molecule has 2 N–H and O–H groups in total. The van der Waals surface area contributed by atoms with Gasteiger partial charge < -0.3 is 0 Å². The predicted molar refractivity (Wildman–Crippen MR) is 115 cm³/mol. The number of para-hydroxylation sites is 2. The molecule has 0 spiro atoms. The van der Waals surface area contributed by atoms with Crippen LogP contribution in [-0.2, 0) is 6.18 Å². The molecule has 156 valence electrons. The fourth-order valence-corrected chi connectivity index (χ4v) is 4.69. The van der Waals surface area contributed by atoms with Gasteiger partial charge in [0, 0.05) is 0 Å². The fourth-order valence-electron chi connectivity index (χ4n) is 2.95. The maximum atomic E-state index is 13.6. The molecule has 0 fully saturated rings. The van der Waals surface area contributed by atoms with E-state index in [4.69, 9.17) is 0 Å². The van der Waals surface area contributed by atoms with Crippen LogP contribution in [0.4, 0.5) is 18.3 Å². The van der Waals surface area contributed by atoms with Gasteiger partial charge in [-0.05, 0) is 24.3 Å². The fraction of sp³-hybridized carbons (Fsp3) is 0.0526. The minimum Gasteiger partial charge on any atom is -0.284 e. The third-order valence-electron chi connectivity index (χ3n) is 4.33. The predicted octanol–water partition coefficient (Wildman–Crippen LogP) is 4.85. The number of anilines is 1. The van der Waals surface area contributed by atoms with Crippen molar-refractivity contribution in [3.63, 3.8) is 0 Å². The Morgan fingerprint density at radius 2 is 1.65 bits per heavy atom. The summed E-state index contributed by atoms with van der Waals surface area (Å²) in [6.07, 6.45) is -3.93. The molecular formula is C19H11F3N6OS2. The molecule has 0 bridgehead atoms. The molecule has 12 heteroatoms. The van der Waals surface area contributed by atoms with Gasteiger partial charge in [0.1, 0.15) is 0 Å². The Hall–Kier alpha value is -3.51. The number of aromatic amines is 1. The van der Waals surface area contributed by atoms with Crippen molar-refractivity contribution < 1.29 is 13.2 Å². The van der Waals surface area contributed by atoms with E-state index in [0.29, 0.717) is 10.6 Å². The average molecular weight is 460 g/mol. The number of halogens is 3. The Kier molecular flexibility index (Phi) is 4.59. The van der Waals surface area contributed by atoms with Crippen LogP contribution < -0.4 is 11.0 Å². The molecule has 0 amide bonds. The van der Waals surface area contributed by atoms with Crippen molar-refractivity contribution >= 4 is 54.5 Å². The molecule has 5 rings (SSSR count). The maximum absolute atomic E-state index is 13.6. The van der Waals surface area contributed by atoms with Gasteiger partial charge >= 0.3 is 6.18 Å². The van der Waals surface area contributed by atoms with Crippen molar-refractivity contribution in [2.24, 2.45) is 5.10 Å². The van der Waals surface area contributed by atoms with E-state index in [2.05, 4.69) is 25.6 Å². The smallest absolute Gasteiger partial charge is 0.284 e. The molecule has 0 unspecified atom stereocenters. The van der Waals surface area contributed by atoms with Crippen LogP contribution in [0.25, 0.3) is 25.6 Å². The quantitative estimate of drug-likeness (QED) is 0.297. The van der Waals surface area contributed by atoms with E-state index in [1.54, 1.807) is 24.3 Å². The number of alkyl halides is 3. The lowest BCUT2D eigenvalue weighted by molar-refractivity contribution is -0.141. The molecule has 31 heavy (non-hydrogen) atoms. The molecule has 0 aliphatic heterocycles. The number of thiazole rings is 2. The van der Waals surface area contributed by atoms with Gasteiger partial charge in [-0.25, -0.2) is 9.97 Å². The van der Waals surface area contributed by atoms with Crippen LogP contribution >= 0.6 is 22.7 Å². The summed E-state index contributed by atoms with van der Waals surface area (Å²) in [5.41, 5.74) is 1.19. The lowest BCUT2D eigenvalue weighted by Crippen LogP contribution is -2.17. The van der Waals surface area contributed by atoms with Gasteiger partial charge in [0.05, 0.1) is 32.2 Å². The highest BCUT2D eigenvalue weighted by Gasteiger charge is 2.38. The second-order valence-electron chi connectivity index (χ2n) is 6.36. The summed E-state index contributed by atoms with van der Waals surface area (Å²) in [6.45, 7) is 0. The van der Waals surface area contributed by atoms with Gasteiger partial charge in [-0.1, -0.05) is 46.9 Å². The van der Waals surface area contributed by atoms with E-state index in [9.17, 15) is 18.0 Å². The van der Waals surface area contributed by atoms with Crippen LogP contribution in [0, 0.1) is 0 Å². The van der Waals surface area contributed by atoms with Crippen LogP contribution in [-0.4, -0.2) is 26.0 Å². The molecule has 0 aliphatic rings. The third kappa shape index (κ3) is 3.59. The SMILES string of the molecule is O=c1c(/C=N/Nc2nc3ccccc3s2)c(C(F)(F)F)[nH]n1-c1nc2ccccc2s1. The van der Waals surface area contributed by atoms with E-state index in [1.807, 2.05) is 24.3 Å². The molecule has 2 aromatic carbocycles. The Bertz CT molecular complexity index is 1430. The third-order valence-corrected chi connectivity index (χ3v) is 6.29. The Morgan fingerprint density at radius 1 is 1.00 bits per heavy atom. The van der Waals surface area contributed by atoms with E-state index < -0.39 is 23.0 Å². The minimum atomic E-state index is -4.78. The number of fused-ring (bicyclic) bond motifs is 2. The zero-order chi connectivity index (χ0) is 21.6. The molecule has 0 radical (unpaired) electrons. The monoisotopic (exact) mass is 460 g/mol. The minimum absolute atomic E-state index is 0.107. The van der Waals surface area contributed by atoms with Crippen molar-refractivity contribution in [1.82, 2.24) is 19.7 Å². The van der Waals surface area contributed by atoms with E-state index in [0.717, 1.165) is 37.1 Å². The number of hydrogen-bond acceptors (Lipinski definition) is 7. The zero-order valence-corrected chi connectivity index (χ0v) is 17.0. The van der Waals surface area contributed by atoms with Crippen molar-refractivity contribution in [1.29, 1.82) is 0 Å².